The molecule has 0 bridgehead atoms. The van der Waals surface area contributed by atoms with Gasteiger partial charge in [-0.05, 0) is 62.3 Å². The van der Waals surface area contributed by atoms with Crippen molar-refractivity contribution in [2.75, 3.05) is 24.6 Å². The lowest BCUT2D eigenvalue weighted by Crippen LogP contribution is -2.57. The molecule has 1 aliphatic carbocycles. The zero-order valence-corrected chi connectivity index (χ0v) is 19.8. The van der Waals surface area contributed by atoms with Gasteiger partial charge in [0.15, 0.2) is 0 Å². The number of rotatable bonds is 2. The molecular weight excluding hydrogens is 422 g/mol. The van der Waals surface area contributed by atoms with Gasteiger partial charge in [-0.2, -0.15) is 0 Å². The lowest BCUT2D eigenvalue weighted by Gasteiger charge is -2.54. The number of benzene rings is 3. The molecule has 6 rings (SSSR count). The van der Waals surface area contributed by atoms with Gasteiger partial charge in [0, 0.05) is 36.2 Å². The number of aryl methyl sites for hydroxylation is 1. The Bertz CT molecular complexity index is 979. The normalized spacial score (nSPS) is 18.1. The Morgan fingerprint density at radius 1 is 0.882 bits per heavy atom. The molecule has 3 aromatic carbocycles. The molecule has 0 atom stereocenters. The van der Waals surface area contributed by atoms with Crippen molar-refractivity contribution in [3.05, 3.63) is 90.5 Å². The van der Waals surface area contributed by atoms with E-state index < -0.39 is 0 Å². The standard InChI is InChI=1S/C15H19NO.C9H10O2.C6H6/c17-10-13-6-8-15(9-7-13)11-16(12-15)14-4-2-1-3-5-14;10-8-4-3-7-2-1-5-11-9(7)6-8;1-2-4-6-5-3-1/h1-5,10,13H,6-9,11-12H2;3-4,6,10H,1-2,5H2;1-6H. The van der Waals surface area contributed by atoms with Crippen LogP contribution in [0.4, 0.5) is 5.69 Å². The fraction of sp³-hybridized carbons (Fsp3) is 0.367. The second-order valence-electron chi connectivity index (χ2n) is 9.56. The predicted octanol–water partition coefficient (Wildman–Crippen LogP) is 6.29. The Morgan fingerprint density at radius 2 is 1.50 bits per heavy atom. The zero-order valence-electron chi connectivity index (χ0n) is 19.8. The van der Waals surface area contributed by atoms with Crippen molar-refractivity contribution in [2.45, 2.75) is 38.5 Å². The Hall–Kier alpha value is -3.27. The van der Waals surface area contributed by atoms with Crippen LogP contribution in [0.5, 0.6) is 11.5 Å². The molecule has 2 heterocycles. The van der Waals surface area contributed by atoms with Crippen LogP contribution in [0.1, 0.15) is 37.7 Å². The van der Waals surface area contributed by atoms with Crippen molar-refractivity contribution in [3.8, 4) is 11.5 Å². The molecule has 1 saturated heterocycles. The van der Waals surface area contributed by atoms with Gasteiger partial charge in [-0.15, -0.1) is 0 Å². The Kier molecular flexibility index (Phi) is 8.24. The fourth-order valence-corrected chi connectivity index (χ4v) is 5.00. The van der Waals surface area contributed by atoms with Crippen LogP contribution in [0.2, 0.25) is 0 Å². The van der Waals surface area contributed by atoms with E-state index in [4.69, 9.17) is 9.84 Å². The molecule has 0 aromatic heterocycles. The summed E-state index contributed by atoms with van der Waals surface area (Å²) in [6, 6.07) is 27.9. The summed E-state index contributed by atoms with van der Waals surface area (Å²) in [5, 5.41) is 9.11. The average Bonchev–Trinajstić information content (AvgIpc) is 2.89. The summed E-state index contributed by atoms with van der Waals surface area (Å²) in [7, 11) is 0. The molecule has 34 heavy (non-hydrogen) atoms. The van der Waals surface area contributed by atoms with Gasteiger partial charge in [-0.1, -0.05) is 60.7 Å². The summed E-state index contributed by atoms with van der Waals surface area (Å²) in [4.78, 5) is 13.2. The molecule has 2 aliphatic heterocycles. The number of phenolic OH excluding ortho intramolecular Hbond substituents is 1. The number of fused-ring (bicyclic) bond motifs is 1. The van der Waals surface area contributed by atoms with Crippen LogP contribution < -0.4 is 9.64 Å². The molecule has 0 radical (unpaired) electrons. The third kappa shape index (κ3) is 6.40. The first kappa shape index (κ1) is 23.9. The largest absolute Gasteiger partial charge is 0.508 e. The summed E-state index contributed by atoms with van der Waals surface area (Å²) in [5.41, 5.74) is 3.07. The number of aldehydes is 1. The van der Waals surface area contributed by atoms with Crippen LogP contribution in [0, 0.1) is 11.3 Å². The molecule has 4 nitrogen and oxygen atoms in total. The zero-order chi connectivity index (χ0) is 23.6. The highest BCUT2D eigenvalue weighted by Gasteiger charge is 2.44. The van der Waals surface area contributed by atoms with E-state index in [0.717, 1.165) is 44.3 Å². The molecule has 4 heteroatoms. The first-order chi connectivity index (χ1) is 16.7. The maximum absolute atomic E-state index is 10.8. The van der Waals surface area contributed by atoms with Gasteiger partial charge in [-0.3, -0.25) is 0 Å². The Labute approximate surface area is 203 Å². The highest BCUT2D eigenvalue weighted by Crippen LogP contribution is 2.46. The SMILES string of the molecule is O=CC1CCC2(CC1)CN(c1ccccc1)C2.Oc1ccc2c(c1)OCCC2.c1ccccc1. The molecule has 1 spiro atoms. The summed E-state index contributed by atoms with van der Waals surface area (Å²) >= 11 is 0. The molecule has 1 N–H and O–H groups in total. The number of aromatic hydroxyl groups is 1. The van der Waals surface area contributed by atoms with E-state index in [9.17, 15) is 4.79 Å². The van der Waals surface area contributed by atoms with Gasteiger partial charge in [-0.25, -0.2) is 0 Å². The quantitative estimate of drug-likeness (QED) is 0.460. The summed E-state index contributed by atoms with van der Waals surface area (Å²) in [5.74, 6) is 1.47. The molecule has 3 aliphatic rings. The Morgan fingerprint density at radius 3 is 2.12 bits per heavy atom. The topological polar surface area (TPSA) is 49.8 Å². The van der Waals surface area contributed by atoms with Gasteiger partial charge in [0.2, 0.25) is 0 Å². The van der Waals surface area contributed by atoms with E-state index in [1.54, 1.807) is 12.1 Å². The van der Waals surface area contributed by atoms with E-state index in [2.05, 4.69) is 35.2 Å². The number of para-hydroxylation sites is 1. The van der Waals surface area contributed by atoms with Crippen molar-refractivity contribution in [1.82, 2.24) is 0 Å². The van der Waals surface area contributed by atoms with Crippen molar-refractivity contribution in [2.24, 2.45) is 11.3 Å². The second-order valence-corrected chi connectivity index (χ2v) is 9.56. The van der Waals surface area contributed by atoms with E-state index in [1.807, 2.05) is 42.5 Å². The van der Waals surface area contributed by atoms with E-state index >= 15 is 0 Å². The maximum Gasteiger partial charge on any atom is 0.126 e. The molecule has 3 aromatic rings. The van der Waals surface area contributed by atoms with Crippen molar-refractivity contribution < 1.29 is 14.6 Å². The Balaban J connectivity index is 0.000000137. The van der Waals surface area contributed by atoms with Gasteiger partial charge >= 0.3 is 0 Å². The minimum absolute atomic E-state index is 0.283. The predicted molar refractivity (Wildman–Crippen MR) is 137 cm³/mol. The van der Waals surface area contributed by atoms with Crippen molar-refractivity contribution in [3.63, 3.8) is 0 Å². The molecule has 1 saturated carbocycles. The number of hydrogen-bond acceptors (Lipinski definition) is 4. The van der Waals surface area contributed by atoms with Crippen LogP contribution >= 0.6 is 0 Å². The minimum Gasteiger partial charge on any atom is -0.508 e. The molecule has 178 valence electrons. The van der Waals surface area contributed by atoms with Crippen LogP contribution in [-0.4, -0.2) is 31.1 Å². The van der Waals surface area contributed by atoms with Gasteiger partial charge in [0.1, 0.15) is 17.8 Å². The van der Waals surface area contributed by atoms with Crippen LogP contribution in [-0.2, 0) is 11.2 Å². The van der Waals surface area contributed by atoms with Gasteiger partial charge in [0.25, 0.3) is 0 Å². The fourth-order valence-electron chi connectivity index (χ4n) is 5.00. The molecule has 0 amide bonds. The van der Waals surface area contributed by atoms with E-state index in [-0.39, 0.29) is 5.75 Å². The number of anilines is 1. The first-order valence-electron chi connectivity index (χ1n) is 12.4. The summed E-state index contributed by atoms with van der Waals surface area (Å²) in [6.07, 6.45) is 7.98. The molecule has 0 unspecified atom stereocenters. The van der Waals surface area contributed by atoms with E-state index in [1.165, 1.54) is 37.2 Å². The average molecular weight is 458 g/mol. The maximum atomic E-state index is 10.8. The third-order valence-electron chi connectivity index (χ3n) is 7.02. The number of ether oxygens (including phenoxy) is 1. The van der Waals surface area contributed by atoms with Crippen LogP contribution in [0.25, 0.3) is 0 Å². The minimum atomic E-state index is 0.283. The van der Waals surface area contributed by atoms with Crippen molar-refractivity contribution in [1.29, 1.82) is 0 Å². The monoisotopic (exact) mass is 457 g/mol. The lowest BCUT2D eigenvalue weighted by molar-refractivity contribution is -0.112. The summed E-state index contributed by atoms with van der Waals surface area (Å²) in [6.45, 7) is 3.14. The molecular formula is C30H35NO3. The number of hydrogen-bond donors (Lipinski definition) is 1. The number of nitrogens with zero attached hydrogens (tertiary/aromatic N) is 1. The van der Waals surface area contributed by atoms with E-state index in [0.29, 0.717) is 11.3 Å². The highest BCUT2D eigenvalue weighted by molar-refractivity contribution is 5.54. The second kappa shape index (κ2) is 11.7. The van der Waals surface area contributed by atoms with Crippen LogP contribution in [0.15, 0.2) is 84.9 Å². The lowest BCUT2D eigenvalue weighted by atomic mass is 9.66. The summed E-state index contributed by atoms with van der Waals surface area (Å²) < 4.78 is 5.34. The first-order valence-corrected chi connectivity index (χ1v) is 12.4. The van der Waals surface area contributed by atoms with Crippen molar-refractivity contribution >= 4 is 12.0 Å². The number of carbonyl (C=O) groups excluding carboxylic acids is 1. The van der Waals surface area contributed by atoms with Crippen LogP contribution in [0.3, 0.4) is 0 Å². The van der Waals surface area contributed by atoms with Gasteiger partial charge < -0.3 is 19.5 Å². The third-order valence-corrected chi connectivity index (χ3v) is 7.02. The molecule has 2 fully saturated rings. The van der Waals surface area contributed by atoms with Gasteiger partial charge in [0.05, 0.1) is 6.61 Å². The number of phenols is 1. The highest BCUT2D eigenvalue weighted by atomic mass is 16.5. The smallest absolute Gasteiger partial charge is 0.126 e. The number of carbonyl (C=O) groups is 1.